The second-order valence-corrected chi connectivity index (χ2v) is 4.12. The van der Waals surface area contributed by atoms with E-state index in [0.29, 0.717) is 11.5 Å². The summed E-state index contributed by atoms with van der Waals surface area (Å²) in [5, 5.41) is 9.23. The number of anilines is 2. The minimum absolute atomic E-state index is 0.233. The van der Waals surface area contributed by atoms with E-state index in [0.717, 1.165) is 23.2 Å². The molecule has 5 heteroatoms. The van der Waals surface area contributed by atoms with Crippen molar-refractivity contribution in [2.45, 2.75) is 20.3 Å². The highest BCUT2D eigenvalue weighted by Crippen LogP contribution is 2.21. The molecule has 0 unspecified atom stereocenters. The van der Waals surface area contributed by atoms with Gasteiger partial charge in [-0.1, -0.05) is 25.1 Å². The third-order valence-corrected chi connectivity index (χ3v) is 2.82. The summed E-state index contributed by atoms with van der Waals surface area (Å²) in [5.41, 5.74) is 8.84. The van der Waals surface area contributed by atoms with Gasteiger partial charge in [0.2, 0.25) is 0 Å². The van der Waals surface area contributed by atoms with Gasteiger partial charge in [-0.05, 0) is 24.5 Å². The van der Waals surface area contributed by atoms with Crippen molar-refractivity contribution in [1.29, 1.82) is 0 Å². The molecule has 2 rings (SSSR count). The molecule has 4 N–H and O–H groups in total. The van der Waals surface area contributed by atoms with Gasteiger partial charge in [-0.2, -0.15) is 5.10 Å². The summed E-state index contributed by atoms with van der Waals surface area (Å²) >= 11 is 0. The smallest absolute Gasteiger partial charge is 0.273 e. The number of carbonyl (C=O) groups excluding carboxylic acids is 1. The van der Waals surface area contributed by atoms with Gasteiger partial charge in [-0.15, -0.1) is 0 Å². The molecule has 1 amide bonds. The highest BCUT2D eigenvalue weighted by Gasteiger charge is 2.12. The third-order valence-electron chi connectivity index (χ3n) is 2.82. The van der Waals surface area contributed by atoms with Gasteiger partial charge in [-0.25, -0.2) is 0 Å². The first-order valence-electron chi connectivity index (χ1n) is 5.82. The number of aryl methyl sites for hydroxylation is 2. The monoisotopic (exact) mass is 244 g/mol. The van der Waals surface area contributed by atoms with Gasteiger partial charge in [0.05, 0.1) is 0 Å². The molecule has 1 aromatic carbocycles. The van der Waals surface area contributed by atoms with Crippen LogP contribution in [-0.4, -0.2) is 16.1 Å². The van der Waals surface area contributed by atoms with E-state index in [-0.39, 0.29) is 5.91 Å². The Kier molecular flexibility index (Phi) is 3.32. The Morgan fingerprint density at radius 1 is 1.50 bits per heavy atom. The molecular formula is C13H16N4O. The topological polar surface area (TPSA) is 83.8 Å². The Hall–Kier alpha value is -2.30. The maximum Gasteiger partial charge on any atom is 0.273 e. The van der Waals surface area contributed by atoms with E-state index >= 15 is 0 Å². The number of nitrogens with zero attached hydrogens (tertiary/aromatic N) is 1. The van der Waals surface area contributed by atoms with E-state index in [2.05, 4.69) is 22.4 Å². The van der Waals surface area contributed by atoms with Gasteiger partial charge in [0, 0.05) is 11.8 Å². The average molecular weight is 244 g/mol. The summed E-state index contributed by atoms with van der Waals surface area (Å²) in [5.74, 6) is 0.0730. The number of aromatic amines is 1. The third kappa shape index (κ3) is 2.34. The lowest BCUT2D eigenvalue weighted by Crippen LogP contribution is -2.14. The van der Waals surface area contributed by atoms with E-state index in [9.17, 15) is 4.79 Å². The fraction of sp³-hybridized carbons (Fsp3) is 0.231. The van der Waals surface area contributed by atoms with Crippen LogP contribution >= 0.6 is 0 Å². The van der Waals surface area contributed by atoms with E-state index < -0.39 is 0 Å². The molecule has 0 bridgehead atoms. The molecule has 0 saturated heterocycles. The Labute approximate surface area is 105 Å². The van der Waals surface area contributed by atoms with Gasteiger partial charge in [-0.3, -0.25) is 9.89 Å². The summed E-state index contributed by atoms with van der Waals surface area (Å²) in [4.78, 5) is 12.0. The minimum Gasteiger partial charge on any atom is -0.382 e. The molecule has 18 heavy (non-hydrogen) atoms. The molecule has 0 aliphatic carbocycles. The Morgan fingerprint density at radius 2 is 2.28 bits per heavy atom. The van der Waals surface area contributed by atoms with Crippen LogP contribution in [0.3, 0.4) is 0 Å². The van der Waals surface area contributed by atoms with Crippen LogP contribution < -0.4 is 11.1 Å². The van der Waals surface area contributed by atoms with Gasteiger partial charge < -0.3 is 11.1 Å². The lowest BCUT2D eigenvalue weighted by Gasteiger charge is -2.12. The molecule has 5 nitrogen and oxygen atoms in total. The van der Waals surface area contributed by atoms with Crippen molar-refractivity contribution < 1.29 is 4.79 Å². The Bertz CT molecular complexity index is 574. The zero-order chi connectivity index (χ0) is 13.1. The SMILES string of the molecule is CCc1cccc(C)c1NC(=O)c1cc(N)n[nH]1. The van der Waals surface area contributed by atoms with Crippen LogP contribution in [-0.2, 0) is 6.42 Å². The molecular weight excluding hydrogens is 228 g/mol. The molecule has 1 aromatic heterocycles. The number of hydrogen-bond acceptors (Lipinski definition) is 3. The molecule has 2 aromatic rings. The molecule has 0 aliphatic rings. The van der Waals surface area contributed by atoms with Crippen molar-refractivity contribution in [3.05, 3.63) is 41.1 Å². The average Bonchev–Trinajstić information content (AvgIpc) is 2.78. The standard InChI is InChI=1S/C13H16N4O/c1-3-9-6-4-5-8(2)12(9)15-13(18)10-7-11(14)17-16-10/h4-7H,3H2,1-2H3,(H,15,18)(H3,14,16,17). The molecule has 94 valence electrons. The van der Waals surface area contributed by atoms with Crippen molar-refractivity contribution in [1.82, 2.24) is 10.2 Å². The fourth-order valence-electron chi connectivity index (χ4n) is 1.84. The van der Waals surface area contributed by atoms with Crippen LogP contribution in [0, 0.1) is 6.92 Å². The van der Waals surface area contributed by atoms with Crippen LogP contribution in [0.1, 0.15) is 28.5 Å². The molecule has 0 fully saturated rings. The number of hydrogen-bond donors (Lipinski definition) is 3. The summed E-state index contributed by atoms with van der Waals surface area (Å²) in [7, 11) is 0. The summed E-state index contributed by atoms with van der Waals surface area (Å²) in [6.45, 7) is 4.02. The highest BCUT2D eigenvalue weighted by molar-refractivity contribution is 6.04. The second kappa shape index (κ2) is 4.91. The van der Waals surface area contributed by atoms with Gasteiger partial charge >= 0.3 is 0 Å². The molecule has 0 aliphatic heterocycles. The number of benzene rings is 1. The van der Waals surface area contributed by atoms with Crippen LogP contribution in [0.2, 0.25) is 0 Å². The minimum atomic E-state index is -0.233. The van der Waals surface area contributed by atoms with Crippen LogP contribution in [0.5, 0.6) is 0 Å². The van der Waals surface area contributed by atoms with Crippen molar-refractivity contribution in [3.8, 4) is 0 Å². The van der Waals surface area contributed by atoms with Crippen LogP contribution in [0.4, 0.5) is 11.5 Å². The zero-order valence-corrected chi connectivity index (χ0v) is 10.4. The predicted molar refractivity (Wildman–Crippen MR) is 71.5 cm³/mol. The summed E-state index contributed by atoms with van der Waals surface area (Å²) in [6.07, 6.45) is 0.864. The van der Waals surface area contributed by atoms with Crippen molar-refractivity contribution in [2.24, 2.45) is 0 Å². The van der Waals surface area contributed by atoms with Gasteiger partial charge in [0.25, 0.3) is 5.91 Å². The van der Waals surface area contributed by atoms with Crippen molar-refractivity contribution in [2.75, 3.05) is 11.1 Å². The quantitative estimate of drug-likeness (QED) is 0.773. The molecule has 0 atom stereocenters. The normalized spacial score (nSPS) is 10.3. The predicted octanol–water partition coefficient (Wildman–Crippen LogP) is 2.12. The van der Waals surface area contributed by atoms with Crippen molar-refractivity contribution in [3.63, 3.8) is 0 Å². The number of nitrogens with one attached hydrogen (secondary N) is 2. The zero-order valence-electron chi connectivity index (χ0n) is 10.4. The molecule has 1 heterocycles. The number of aromatic nitrogens is 2. The highest BCUT2D eigenvalue weighted by atomic mass is 16.1. The first-order chi connectivity index (χ1) is 8.61. The number of H-pyrrole nitrogens is 1. The lowest BCUT2D eigenvalue weighted by molar-refractivity contribution is 0.102. The first-order valence-corrected chi connectivity index (χ1v) is 5.82. The summed E-state index contributed by atoms with van der Waals surface area (Å²) < 4.78 is 0. The van der Waals surface area contributed by atoms with Gasteiger partial charge in [0.15, 0.2) is 0 Å². The second-order valence-electron chi connectivity index (χ2n) is 4.12. The fourth-order valence-corrected chi connectivity index (χ4v) is 1.84. The number of rotatable bonds is 3. The van der Waals surface area contributed by atoms with Crippen molar-refractivity contribution >= 4 is 17.4 Å². The molecule has 0 saturated carbocycles. The lowest BCUT2D eigenvalue weighted by atomic mass is 10.1. The van der Waals surface area contributed by atoms with Crippen LogP contribution in [0.25, 0.3) is 0 Å². The number of amides is 1. The Balaban J connectivity index is 2.26. The van der Waals surface area contributed by atoms with E-state index in [4.69, 9.17) is 5.73 Å². The number of nitrogens with two attached hydrogens (primary N) is 1. The Morgan fingerprint density at radius 3 is 2.89 bits per heavy atom. The van der Waals surface area contributed by atoms with Gasteiger partial charge in [0.1, 0.15) is 11.5 Å². The first kappa shape index (κ1) is 12.2. The maximum absolute atomic E-state index is 12.0. The van der Waals surface area contributed by atoms with E-state index in [1.54, 1.807) is 0 Å². The summed E-state index contributed by atoms with van der Waals surface area (Å²) in [6, 6.07) is 7.47. The van der Waals surface area contributed by atoms with E-state index in [1.165, 1.54) is 6.07 Å². The maximum atomic E-state index is 12.0. The number of para-hydroxylation sites is 1. The molecule has 0 spiro atoms. The van der Waals surface area contributed by atoms with Crippen LogP contribution in [0.15, 0.2) is 24.3 Å². The number of carbonyl (C=O) groups is 1. The van der Waals surface area contributed by atoms with E-state index in [1.807, 2.05) is 25.1 Å². The largest absolute Gasteiger partial charge is 0.382 e. The number of nitrogen functional groups attached to an aromatic ring is 1. The molecule has 0 radical (unpaired) electrons.